The number of aromatic carboxylic acids is 1. The van der Waals surface area contributed by atoms with Gasteiger partial charge in [0.2, 0.25) is 0 Å². The van der Waals surface area contributed by atoms with Gasteiger partial charge in [0.1, 0.15) is 5.75 Å². The second kappa shape index (κ2) is 7.56. The first-order valence-corrected chi connectivity index (χ1v) is 10.2. The smallest absolute Gasteiger partial charge is 0.336 e. The standard InChI is InChI=1S/C24H18ClN3O3/c1-13-6-9-17(11-18(13)23(29)30)31-24-26-20-12-19(25)21(27-22(20)28-24)16-8-7-14-4-2-3-5-15(14)10-16/h2-4,6-12,15H,5H2,1H3,(H,29,30)(H,26,27,28). The molecule has 1 atom stereocenters. The van der Waals surface area contributed by atoms with Crippen LogP contribution in [0.4, 0.5) is 0 Å². The van der Waals surface area contributed by atoms with Gasteiger partial charge in [-0.25, -0.2) is 9.78 Å². The average molecular weight is 432 g/mol. The molecule has 2 heterocycles. The number of aryl methyl sites for hydroxylation is 1. The van der Waals surface area contributed by atoms with Gasteiger partial charge in [-0.05, 0) is 48.3 Å². The zero-order valence-corrected chi connectivity index (χ0v) is 17.3. The van der Waals surface area contributed by atoms with Gasteiger partial charge in [0.15, 0.2) is 5.65 Å². The van der Waals surface area contributed by atoms with E-state index in [-0.39, 0.29) is 11.6 Å². The number of hydrogen-bond donors (Lipinski definition) is 2. The highest BCUT2D eigenvalue weighted by molar-refractivity contribution is 6.32. The second-order valence-corrected chi connectivity index (χ2v) is 7.92. The molecule has 3 aromatic rings. The molecule has 1 aromatic carbocycles. The number of rotatable bonds is 4. The van der Waals surface area contributed by atoms with Crippen molar-refractivity contribution >= 4 is 34.3 Å². The molecule has 0 spiro atoms. The lowest BCUT2D eigenvalue weighted by Gasteiger charge is -2.21. The Morgan fingerprint density at radius 2 is 2.13 bits per heavy atom. The minimum absolute atomic E-state index is 0.180. The van der Waals surface area contributed by atoms with Crippen LogP contribution >= 0.6 is 11.6 Å². The number of allylic oxidation sites excluding steroid dienone is 8. The maximum absolute atomic E-state index is 11.4. The first-order valence-electron chi connectivity index (χ1n) is 9.83. The van der Waals surface area contributed by atoms with Gasteiger partial charge >= 0.3 is 12.0 Å². The number of aromatic amines is 1. The predicted molar refractivity (Wildman–Crippen MR) is 120 cm³/mol. The number of carboxylic acids is 1. The van der Waals surface area contributed by atoms with E-state index in [1.807, 2.05) is 6.08 Å². The van der Waals surface area contributed by atoms with Gasteiger partial charge < -0.3 is 14.8 Å². The molecular weight excluding hydrogens is 414 g/mol. The van der Waals surface area contributed by atoms with Crippen LogP contribution in [0.5, 0.6) is 11.8 Å². The number of benzene rings is 1. The van der Waals surface area contributed by atoms with Gasteiger partial charge in [-0.2, -0.15) is 4.98 Å². The maximum Gasteiger partial charge on any atom is 0.336 e. The van der Waals surface area contributed by atoms with E-state index in [0.717, 1.165) is 12.0 Å². The predicted octanol–water partition coefficient (Wildman–Crippen LogP) is 5.87. The van der Waals surface area contributed by atoms with Crippen molar-refractivity contribution in [3.8, 4) is 11.8 Å². The van der Waals surface area contributed by atoms with Crippen LogP contribution in [0, 0.1) is 12.8 Å². The molecule has 2 aromatic heterocycles. The van der Waals surface area contributed by atoms with E-state index in [9.17, 15) is 9.90 Å². The SMILES string of the molecule is Cc1ccc(Oc2nc3nc(C4=CC5CC=CC=C5C=C4)c(Cl)cc3[nH]2)cc1C(=O)O. The molecule has 0 saturated carbocycles. The van der Waals surface area contributed by atoms with Crippen molar-refractivity contribution in [3.63, 3.8) is 0 Å². The van der Waals surface area contributed by atoms with Crippen LogP contribution in [0.2, 0.25) is 5.02 Å². The Hall–Kier alpha value is -3.64. The molecule has 2 aliphatic rings. The molecular formula is C24H18ClN3O3. The van der Waals surface area contributed by atoms with Crippen LogP contribution in [0.25, 0.3) is 16.7 Å². The summed E-state index contributed by atoms with van der Waals surface area (Å²) in [6.45, 7) is 1.73. The van der Waals surface area contributed by atoms with Gasteiger partial charge in [-0.3, -0.25) is 0 Å². The molecule has 5 rings (SSSR count). The summed E-state index contributed by atoms with van der Waals surface area (Å²) in [5, 5.41) is 9.82. The molecule has 31 heavy (non-hydrogen) atoms. The van der Waals surface area contributed by atoms with Crippen molar-refractivity contribution in [2.24, 2.45) is 5.92 Å². The summed E-state index contributed by atoms with van der Waals surface area (Å²) in [5.74, 6) is -0.316. The Morgan fingerprint density at radius 1 is 1.26 bits per heavy atom. The molecule has 0 amide bonds. The number of ether oxygens (including phenoxy) is 1. The summed E-state index contributed by atoms with van der Waals surface area (Å²) in [5.41, 5.74) is 4.84. The summed E-state index contributed by atoms with van der Waals surface area (Å²) >= 11 is 6.53. The van der Waals surface area contributed by atoms with Crippen molar-refractivity contribution in [2.45, 2.75) is 13.3 Å². The summed E-state index contributed by atoms with van der Waals surface area (Å²) in [6.07, 6.45) is 13.6. The number of nitrogens with one attached hydrogen (secondary N) is 1. The van der Waals surface area contributed by atoms with E-state index >= 15 is 0 Å². The molecule has 154 valence electrons. The van der Waals surface area contributed by atoms with Gasteiger partial charge in [0.05, 0.1) is 21.8 Å². The van der Waals surface area contributed by atoms with Crippen LogP contribution < -0.4 is 4.74 Å². The van der Waals surface area contributed by atoms with Crippen LogP contribution in [-0.2, 0) is 0 Å². The zero-order valence-electron chi connectivity index (χ0n) is 16.6. The highest BCUT2D eigenvalue weighted by Gasteiger charge is 2.19. The maximum atomic E-state index is 11.4. The quantitative estimate of drug-likeness (QED) is 0.539. The number of fused-ring (bicyclic) bond motifs is 2. The van der Waals surface area contributed by atoms with E-state index < -0.39 is 5.97 Å². The van der Waals surface area contributed by atoms with E-state index in [4.69, 9.17) is 16.3 Å². The number of carbonyl (C=O) groups is 1. The molecule has 0 bridgehead atoms. The minimum atomic E-state index is -1.01. The fourth-order valence-corrected chi connectivity index (χ4v) is 4.04. The van der Waals surface area contributed by atoms with E-state index in [0.29, 0.717) is 39.1 Å². The third kappa shape index (κ3) is 3.66. The highest BCUT2D eigenvalue weighted by atomic mass is 35.5. The fraction of sp³-hybridized carbons (Fsp3) is 0.125. The van der Waals surface area contributed by atoms with Crippen molar-refractivity contribution in [3.05, 3.63) is 88.1 Å². The Kier molecular flexibility index (Phi) is 4.71. The van der Waals surface area contributed by atoms with Gasteiger partial charge in [-0.15, -0.1) is 0 Å². The number of hydrogen-bond acceptors (Lipinski definition) is 4. The largest absolute Gasteiger partial charge is 0.478 e. The number of pyridine rings is 1. The van der Waals surface area contributed by atoms with Crippen LogP contribution in [-0.4, -0.2) is 26.0 Å². The first kappa shape index (κ1) is 19.3. The number of aromatic nitrogens is 3. The zero-order chi connectivity index (χ0) is 21.5. The third-order valence-corrected chi connectivity index (χ3v) is 5.70. The van der Waals surface area contributed by atoms with E-state index in [1.165, 1.54) is 11.6 Å². The highest BCUT2D eigenvalue weighted by Crippen LogP contribution is 2.35. The van der Waals surface area contributed by atoms with Gasteiger partial charge in [0, 0.05) is 5.92 Å². The lowest BCUT2D eigenvalue weighted by atomic mass is 9.85. The second-order valence-electron chi connectivity index (χ2n) is 7.51. The van der Waals surface area contributed by atoms with Gasteiger partial charge in [0.25, 0.3) is 0 Å². The molecule has 0 aliphatic heterocycles. The first-order chi connectivity index (χ1) is 15.0. The lowest BCUT2D eigenvalue weighted by molar-refractivity contribution is 0.0695. The van der Waals surface area contributed by atoms with Crippen LogP contribution in [0.1, 0.15) is 28.0 Å². The summed E-state index contributed by atoms with van der Waals surface area (Å²) in [6, 6.07) is 6.85. The van der Waals surface area contributed by atoms with Crippen LogP contribution in [0.3, 0.4) is 0 Å². The molecule has 2 N–H and O–H groups in total. The number of H-pyrrole nitrogens is 1. The lowest BCUT2D eigenvalue weighted by Crippen LogP contribution is -2.06. The molecule has 0 radical (unpaired) electrons. The topological polar surface area (TPSA) is 88.1 Å². The van der Waals surface area contributed by atoms with Crippen molar-refractivity contribution in [2.75, 3.05) is 0 Å². The Balaban J connectivity index is 1.47. The number of halogens is 1. The minimum Gasteiger partial charge on any atom is -0.478 e. The normalized spacial score (nSPS) is 17.3. The molecule has 6 nitrogen and oxygen atoms in total. The molecule has 0 fully saturated rings. The van der Waals surface area contributed by atoms with Crippen molar-refractivity contribution < 1.29 is 14.6 Å². The summed E-state index contributed by atoms with van der Waals surface area (Å²) < 4.78 is 5.75. The molecule has 1 unspecified atom stereocenters. The molecule has 7 heteroatoms. The Morgan fingerprint density at radius 3 is 2.97 bits per heavy atom. The summed E-state index contributed by atoms with van der Waals surface area (Å²) in [7, 11) is 0. The van der Waals surface area contributed by atoms with Crippen LogP contribution in [0.15, 0.2) is 66.3 Å². The van der Waals surface area contributed by atoms with Gasteiger partial charge in [-0.1, -0.05) is 54.1 Å². The Bertz CT molecular complexity index is 1350. The fourth-order valence-electron chi connectivity index (χ4n) is 3.78. The molecule has 0 saturated heterocycles. The van der Waals surface area contributed by atoms with E-state index in [1.54, 1.807) is 25.1 Å². The third-order valence-electron chi connectivity index (χ3n) is 5.41. The molecule has 2 aliphatic carbocycles. The number of imidazole rings is 1. The number of carboxylic acid groups (broad SMARTS) is 1. The van der Waals surface area contributed by atoms with Crippen molar-refractivity contribution in [1.29, 1.82) is 0 Å². The van der Waals surface area contributed by atoms with E-state index in [2.05, 4.69) is 45.3 Å². The number of nitrogens with zero attached hydrogens (tertiary/aromatic N) is 2. The Labute approximate surface area is 183 Å². The average Bonchev–Trinajstić information content (AvgIpc) is 3.15. The van der Waals surface area contributed by atoms with Crippen molar-refractivity contribution in [1.82, 2.24) is 15.0 Å². The monoisotopic (exact) mass is 431 g/mol. The summed E-state index contributed by atoms with van der Waals surface area (Å²) in [4.78, 5) is 23.5.